The van der Waals surface area contributed by atoms with Gasteiger partial charge in [-0.05, 0) is 63.5 Å². The highest BCUT2D eigenvalue weighted by Crippen LogP contribution is 2.40. The van der Waals surface area contributed by atoms with Crippen molar-refractivity contribution in [2.24, 2.45) is 5.92 Å². The largest absolute Gasteiger partial charge is 0.458 e. The minimum Gasteiger partial charge on any atom is -0.458 e. The number of aliphatic hydroxyl groups is 1. The highest BCUT2D eigenvalue weighted by molar-refractivity contribution is 5.90. The summed E-state index contributed by atoms with van der Waals surface area (Å²) in [5.41, 5.74) is 2.01. The lowest BCUT2D eigenvalue weighted by molar-refractivity contribution is -0.172. The predicted molar refractivity (Wildman–Crippen MR) is 153 cm³/mol. The number of rotatable bonds is 5. The van der Waals surface area contributed by atoms with Crippen molar-refractivity contribution in [1.82, 2.24) is 19.4 Å². The quantitative estimate of drug-likeness (QED) is 0.367. The van der Waals surface area contributed by atoms with Crippen LogP contribution >= 0.6 is 0 Å². The number of carbonyl (C=O) groups is 2. The van der Waals surface area contributed by atoms with Crippen molar-refractivity contribution >= 4 is 23.0 Å². The molecule has 1 amide bonds. The molecule has 1 fully saturated rings. The summed E-state index contributed by atoms with van der Waals surface area (Å²) >= 11 is 0. The molecule has 0 bridgehead atoms. The maximum atomic E-state index is 13.5. The van der Waals surface area contributed by atoms with Crippen LogP contribution in [0.5, 0.6) is 5.75 Å². The molecule has 3 aliphatic heterocycles. The summed E-state index contributed by atoms with van der Waals surface area (Å²) in [7, 11) is 3.91. The highest BCUT2D eigenvalue weighted by atomic mass is 16.6. The number of esters is 1. The van der Waals surface area contributed by atoms with Gasteiger partial charge in [-0.2, -0.15) is 0 Å². The highest BCUT2D eigenvalue weighted by Gasteiger charge is 2.45. The predicted octanol–water partition coefficient (Wildman–Crippen LogP) is 3.76. The topological polar surface area (TPSA) is 114 Å². The molecular weight excluding hydrogens is 524 g/mol. The van der Waals surface area contributed by atoms with E-state index >= 15 is 0 Å². The minimum absolute atomic E-state index is 0.0890. The normalized spacial score (nSPS) is 20.1. The molecule has 3 aromatic rings. The molecule has 0 unspecified atom stereocenters. The summed E-state index contributed by atoms with van der Waals surface area (Å²) in [6.45, 7) is 5.94. The summed E-state index contributed by atoms with van der Waals surface area (Å²) in [6.07, 6.45) is 2.86. The van der Waals surface area contributed by atoms with Crippen molar-refractivity contribution in [3.63, 3.8) is 0 Å². The Hall–Kier alpha value is -3.76. The smallest absolute Gasteiger partial charge is 0.415 e. The minimum atomic E-state index is -1.87. The van der Waals surface area contributed by atoms with E-state index in [0.717, 1.165) is 35.8 Å². The lowest BCUT2D eigenvalue weighted by Gasteiger charge is -2.31. The van der Waals surface area contributed by atoms with Gasteiger partial charge in [0.2, 0.25) is 0 Å². The van der Waals surface area contributed by atoms with E-state index < -0.39 is 11.6 Å². The Morgan fingerprint density at radius 1 is 1.20 bits per heavy atom. The number of pyridine rings is 2. The first kappa shape index (κ1) is 27.4. The van der Waals surface area contributed by atoms with E-state index in [1.54, 1.807) is 28.5 Å². The van der Waals surface area contributed by atoms with Crippen LogP contribution in [0.3, 0.4) is 0 Å². The molecule has 2 aromatic heterocycles. The zero-order valence-electron chi connectivity index (χ0n) is 24.0. The second-order valence-electron chi connectivity index (χ2n) is 11.7. The van der Waals surface area contributed by atoms with E-state index in [4.69, 9.17) is 14.5 Å². The molecule has 1 atom stereocenters. The van der Waals surface area contributed by atoms with Crippen molar-refractivity contribution in [3.05, 3.63) is 56.9 Å². The number of aromatic nitrogens is 2. The molecule has 0 radical (unpaired) electrons. The molecule has 0 aliphatic carbocycles. The molecule has 41 heavy (non-hydrogen) atoms. The number of ether oxygens (including phenoxy) is 2. The fourth-order valence-corrected chi connectivity index (χ4v) is 6.35. The molecule has 0 saturated carbocycles. The SMILES string of the molecule is CCC1CCN(C(=O)Oc2ccc3nc4c(cc3c2CN(C)C)Cn2c-4cc3c(c2=O)COC(=O)[C@]3(O)CC)CC1. The lowest BCUT2D eigenvalue weighted by Crippen LogP contribution is -2.44. The number of likely N-dealkylation sites (tertiary alicyclic amines) is 1. The first-order valence-electron chi connectivity index (χ1n) is 14.4. The Bertz CT molecular complexity index is 1620. The van der Waals surface area contributed by atoms with Gasteiger partial charge in [-0.3, -0.25) is 4.79 Å². The Labute approximate surface area is 238 Å². The first-order valence-corrected chi connectivity index (χ1v) is 14.4. The third-order valence-electron chi connectivity index (χ3n) is 8.88. The van der Waals surface area contributed by atoms with Crippen molar-refractivity contribution < 1.29 is 24.2 Å². The number of cyclic esters (lactones) is 1. The molecule has 10 nitrogen and oxygen atoms in total. The number of benzene rings is 1. The van der Waals surface area contributed by atoms with Gasteiger partial charge in [0.1, 0.15) is 12.4 Å². The van der Waals surface area contributed by atoms with Gasteiger partial charge in [0.25, 0.3) is 5.56 Å². The molecular formula is C31H36N4O6. The summed E-state index contributed by atoms with van der Waals surface area (Å²) < 4.78 is 12.8. The number of nitrogens with zero attached hydrogens (tertiary/aromatic N) is 4. The van der Waals surface area contributed by atoms with Crippen LogP contribution in [0.25, 0.3) is 22.3 Å². The van der Waals surface area contributed by atoms with E-state index in [1.807, 2.05) is 31.1 Å². The molecule has 6 rings (SSSR count). The molecule has 1 aromatic carbocycles. The van der Waals surface area contributed by atoms with Crippen molar-refractivity contribution in [1.29, 1.82) is 0 Å². The fourth-order valence-electron chi connectivity index (χ4n) is 6.35. The second-order valence-corrected chi connectivity index (χ2v) is 11.7. The van der Waals surface area contributed by atoms with E-state index in [-0.39, 0.29) is 24.7 Å². The number of carbonyl (C=O) groups excluding carboxylic acids is 2. The Balaban J connectivity index is 1.40. The van der Waals surface area contributed by atoms with Crippen LogP contribution in [-0.2, 0) is 34.8 Å². The van der Waals surface area contributed by atoms with Crippen molar-refractivity contribution in [3.8, 4) is 17.1 Å². The van der Waals surface area contributed by atoms with Crippen LogP contribution < -0.4 is 10.3 Å². The molecule has 1 saturated heterocycles. The van der Waals surface area contributed by atoms with Crippen LogP contribution in [-0.4, -0.2) is 63.7 Å². The van der Waals surface area contributed by atoms with Gasteiger partial charge in [0.15, 0.2) is 5.60 Å². The van der Waals surface area contributed by atoms with Gasteiger partial charge in [-0.1, -0.05) is 20.3 Å². The van der Waals surface area contributed by atoms with Gasteiger partial charge in [-0.25, -0.2) is 14.6 Å². The van der Waals surface area contributed by atoms with E-state index in [1.165, 1.54) is 0 Å². The standard InChI is InChI=1S/C31H36N4O6/c1-5-18-9-11-34(12-10-18)30(38)41-26-8-7-24-20(21(26)16-33(3)4)13-19-15-35-25(27(19)32-24)14-23-22(28(35)36)17-40-29(37)31(23,39)6-2/h7-8,13-14,18,39H,5-6,9-12,15-17H2,1-4H3/t31-/m0/s1. The third kappa shape index (κ3) is 4.49. The molecule has 0 spiro atoms. The molecule has 5 heterocycles. The summed E-state index contributed by atoms with van der Waals surface area (Å²) in [5, 5.41) is 12.0. The summed E-state index contributed by atoms with van der Waals surface area (Å²) in [5.74, 6) is 0.414. The average molecular weight is 561 g/mol. The molecule has 216 valence electrons. The fraction of sp³-hybridized carbons (Fsp3) is 0.484. The molecule has 10 heteroatoms. The van der Waals surface area contributed by atoms with Gasteiger partial charge in [-0.15, -0.1) is 0 Å². The number of hydrogen-bond acceptors (Lipinski definition) is 8. The van der Waals surface area contributed by atoms with Crippen LogP contribution in [0.4, 0.5) is 4.79 Å². The van der Waals surface area contributed by atoms with Gasteiger partial charge in [0.05, 0.1) is 29.0 Å². The van der Waals surface area contributed by atoms with Crippen LogP contribution in [0.1, 0.15) is 61.8 Å². The zero-order chi connectivity index (χ0) is 29.1. The monoisotopic (exact) mass is 560 g/mol. The Morgan fingerprint density at radius 2 is 1.95 bits per heavy atom. The number of piperidine rings is 1. The van der Waals surface area contributed by atoms with Crippen molar-refractivity contribution in [2.75, 3.05) is 27.2 Å². The van der Waals surface area contributed by atoms with Gasteiger partial charge >= 0.3 is 12.1 Å². The lowest BCUT2D eigenvalue weighted by atomic mass is 9.86. The number of amides is 1. The maximum absolute atomic E-state index is 13.5. The van der Waals surface area contributed by atoms with Crippen LogP contribution in [0.2, 0.25) is 0 Å². The summed E-state index contributed by atoms with van der Waals surface area (Å²) in [6, 6.07) is 7.35. The number of hydrogen-bond donors (Lipinski definition) is 1. The maximum Gasteiger partial charge on any atom is 0.415 e. The second kappa shape index (κ2) is 10.3. The van der Waals surface area contributed by atoms with Crippen molar-refractivity contribution in [2.45, 2.75) is 64.8 Å². The number of fused-ring (bicyclic) bond motifs is 5. The van der Waals surface area contributed by atoms with E-state index in [0.29, 0.717) is 65.9 Å². The van der Waals surface area contributed by atoms with E-state index in [9.17, 15) is 19.5 Å². The first-order chi connectivity index (χ1) is 19.6. The summed E-state index contributed by atoms with van der Waals surface area (Å²) in [4.78, 5) is 47.9. The average Bonchev–Trinajstić information content (AvgIpc) is 3.33. The van der Waals surface area contributed by atoms with Gasteiger partial charge < -0.3 is 28.9 Å². The van der Waals surface area contributed by atoms with E-state index in [2.05, 4.69) is 6.92 Å². The third-order valence-corrected chi connectivity index (χ3v) is 8.88. The zero-order valence-corrected chi connectivity index (χ0v) is 24.0. The Morgan fingerprint density at radius 3 is 2.63 bits per heavy atom. The Kier molecular flexibility index (Phi) is 6.86. The van der Waals surface area contributed by atoms with Gasteiger partial charge in [0, 0.05) is 41.7 Å². The molecule has 3 aliphatic rings. The van der Waals surface area contributed by atoms with Crippen LogP contribution in [0.15, 0.2) is 29.1 Å². The van der Waals surface area contributed by atoms with Crippen LogP contribution in [0, 0.1) is 5.92 Å². The molecule has 1 N–H and O–H groups in total.